The lowest BCUT2D eigenvalue weighted by Gasteiger charge is -2.18. The molecule has 1 aromatic heterocycles. The molecular formula is C22H20F3N3O2. The molecule has 0 spiro atoms. The molecule has 1 heterocycles. The Bertz CT molecular complexity index is 1020. The van der Waals surface area contributed by atoms with E-state index in [2.05, 4.69) is 15.3 Å². The van der Waals surface area contributed by atoms with Crippen LogP contribution in [0.15, 0.2) is 61.1 Å². The number of nitrogens with one attached hydrogen (secondary N) is 1. The number of carbonyl (C=O) groups excluding carboxylic acids is 1. The molecule has 156 valence electrons. The molecule has 1 amide bonds. The number of aliphatic hydroxyl groups excluding tert-OH is 1. The van der Waals surface area contributed by atoms with E-state index in [0.717, 1.165) is 11.6 Å². The maximum absolute atomic E-state index is 13.1. The van der Waals surface area contributed by atoms with Gasteiger partial charge >= 0.3 is 6.18 Å². The minimum atomic E-state index is -4.85. The van der Waals surface area contributed by atoms with Gasteiger partial charge in [-0.15, -0.1) is 0 Å². The van der Waals surface area contributed by atoms with Crippen molar-refractivity contribution < 1.29 is 23.1 Å². The monoisotopic (exact) mass is 415 g/mol. The number of aromatic nitrogens is 2. The molecule has 0 radical (unpaired) electrons. The number of aliphatic hydroxyl groups is 1. The average Bonchev–Trinajstić information content (AvgIpc) is 2.73. The maximum Gasteiger partial charge on any atom is 0.418 e. The fraction of sp³-hybridized carbons (Fsp3) is 0.227. The van der Waals surface area contributed by atoms with E-state index in [4.69, 9.17) is 0 Å². The minimum absolute atomic E-state index is 0.00196. The minimum Gasteiger partial charge on any atom is -0.379 e. The van der Waals surface area contributed by atoms with Crippen LogP contribution in [-0.2, 0) is 0 Å². The largest absolute Gasteiger partial charge is 0.418 e. The predicted molar refractivity (Wildman–Crippen MR) is 106 cm³/mol. The number of carbonyl (C=O) groups is 1. The van der Waals surface area contributed by atoms with Gasteiger partial charge in [0.15, 0.2) is 6.10 Å². The van der Waals surface area contributed by atoms with Crippen LogP contribution in [0.3, 0.4) is 0 Å². The second-order valence-electron chi connectivity index (χ2n) is 6.98. The van der Waals surface area contributed by atoms with Crippen LogP contribution >= 0.6 is 0 Å². The summed E-state index contributed by atoms with van der Waals surface area (Å²) in [6.45, 7) is 3.58. The first kappa shape index (κ1) is 21.4. The van der Waals surface area contributed by atoms with Crippen LogP contribution in [-0.4, -0.2) is 27.2 Å². The first-order valence-electron chi connectivity index (χ1n) is 9.18. The molecule has 2 N–H and O–H groups in total. The molecule has 0 fully saturated rings. The third kappa shape index (κ3) is 5.01. The molecule has 3 aromatic rings. The van der Waals surface area contributed by atoms with Gasteiger partial charge < -0.3 is 10.4 Å². The highest BCUT2D eigenvalue weighted by Gasteiger charge is 2.39. The van der Waals surface area contributed by atoms with Crippen LogP contribution in [0, 0.1) is 6.92 Å². The molecule has 0 aliphatic carbocycles. The maximum atomic E-state index is 13.1. The van der Waals surface area contributed by atoms with E-state index < -0.39 is 29.8 Å². The number of amides is 1. The fourth-order valence-electron chi connectivity index (χ4n) is 2.93. The van der Waals surface area contributed by atoms with Gasteiger partial charge in [0.1, 0.15) is 0 Å². The predicted octanol–water partition coefficient (Wildman–Crippen LogP) is 4.54. The van der Waals surface area contributed by atoms with Crippen molar-refractivity contribution in [3.8, 4) is 11.1 Å². The Morgan fingerprint density at radius 1 is 1.07 bits per heavy atom. The molecule has 5 nitrogen and oxygen atoms in total. The molecular weight excluding hydrogens is 395 g/mol. The third-order valence-electron chi connectivity index (χ3n) is 4.60. The van der Waals surface area contributed by atoms with Crippen molar-refractivity contribution in [2.75, 3.05) is 0 Å². The summed E-state index contributed by atoms with van der Waals surface area (Å²) in [6, 6.07) is 10.4. The van der Waals surface area contributed by atoms with Crippen molar-refractivity contribution >= 4 is 5.91 Å². The van der Waals surface area contributed by atoms with Crippen LogP contribution < -0.4 is 5.32 Å². The summed E-state index contributed by atoms with van der Waals surface area (Å²) in [5, 5.41) is 12.5. The van der Waals surface area contributed by atoms with Crippen LogP contribution in [0.2, 0.25) is 0 Å². The molecule has 2 aromatic carbocycles. The van der Waals surface area contributed by atoms with Crippen molar-refractivity contribution in [3.63, 3.8) is 0 Å². The van der Waals surface area contributed by atoms with Crippen molar-refractivity contribution in [3.05, 3.63) is 83.4 Å². The lowest BCUT2D eigenvalue weighted by molar-refractivity contribution is -0.206. The van der Waals surface area contributed by atoms with Gasteiger partial charge in [0.05, 0.1) is 17.9 Å². The summed E-state index contributed by atoms with van der Waals surface area (Å²) >= 11 is 0. The number of rotatable bonds is 5. The highest BCUT2D eigenvalue weighted by molar-refractivity contribution is 5.96. The van der Waals surface area contributed by atoms with Gasteiger partial charge in [-0.05, 0) is 48.7 Å². The molecule has 3 rings (SSSR count). The van der Waals surface area contributed by atoms with E-state index in [1.807, 2.05) is 19.1 Å². The molecule has 0 aliphatic rings. The quantitative estimate of drug-likeness (QED) is 0.642. The normalized spacial score (nSPS) is 13.5. The second kappa shape index (κ2) is 8.62. The van der Waals surface area contributed by atoms with Gasteiger partial charge in [0, 0.05) is 18.0 Å². The van der Waals surface area contributed by atoms with Crippen molar-refractivity contribution in [2.24, 2.45) is 0 Å². The van der Waals surface area contributed by atoms with E-state index in [0.29, 0.717) is 16.8 Å². The Hall–Kier alpha value is -3.26. The van der Waals surface area contributed by atoms with Gasteiger partial charge in [-0.25, -0.2) is 0 Å². The zero-order valence-electron chi connectivity index (χ0n) is 16.3. The molecule has 30 heavy (non-hydrogen) atoms. The second-order valence-corrected chi connectivity index (χ2v) is 6.98. The van der Waals surface area contributed by atoms with Crippen LogP contribution in [0.25, 0.3) is 11.1 Å². The summed E-state index contributed by atoms with van der Waals surface area (Å²) in [4.78, 5) is 20.8. The lowest BCUT2D eigenvalue weighted by atomic mass is 9.96. The lowest BCUT2D eigenvalue weighted by Crippen LogP contribution is -2.28. The molecule has 0 saturated carbocycles. The van der Waals surface area contributed by atoms with Gasteiger partial charge in [0.2, 0.25) is 0 Å². The Morgan fingerprint density at radius 3 is 2.37 bits per heavy atom. The Labute approximate surface area is 171 Å². The number of hydrogen-bond donors (Lipinski definition) is 2. The Kier molecular flexibility index (Phi) is 6.17. The van der Waals surface area contributed by atoms with E-state index in [9.17, 15) is 23.1 Å². The Balaban J connectivity index is 1.98. The SMILES string of the molecule is Cc1ccc(-c2cc(C(=O)N[C@H](C)c3cnccn3)cc(C(O)C(F)(F)F)c2)cc1. The summed E-state index contributed by atoms with van der Waals surface area (Å²) in [5.74, 6) is -0.585. The Morgan fingerprint density at radius 2 is 1.77 bits per heavy atom. The van der Waals surface area contributed by atoms with Crippen molar-refractivity contribution in [2.45, 2.75) is 32.2 Å². The first-order chi connectivity index (χ1) is 14.1. The van der Waals surface area contributed by atoms with Crippen LogP contribution in [0.5, 0.6) is 0 Å². The van der Waals surface area contributed by atoms with Gasteiger partial charge in [-0.1, -0.05) is 29.8 Å². The first-order valence-corrected chi connectivity index (χ1v) is 9.18. The van der Waals surface area contributed by atoms with E-state index in [1.54, 1.807) is 19.1 Å². The number of nitrogens with zero attached hydrogens (tertiary/aromatic N) is 2. The topological polar surface area (TPSA) is 75.1 Å². The number of benzene rings is 2. The standard InChI is InChI=1S/C22H20F3N3O2/c1-13-3-5-15(6-4-13)16-9-17(20(29)22(23,24)25)11-18(10-16)21(30)28-14(2)19-12-26-7-8-27-19/h3-12,14,20,29H,1-2H3,(H,28,30)/t14-,20?/m1/s1. The molecule has 0 bridgehead atoms. The molecule has 0 aliphatic heterocycles. The van der Waals surface area contributed by atoms with E-state index in [1.165, 1.54) is 30.7 Å². The van der Waals surface area contributed by atoms with Crippen molar-refractivity contribution in [1.82, 2.24) is 15.3 Å². The van der Waals surface area contributed by atoms with Crippen molar-refractivity contribution in [1.29, 1.82) is 0 Å². The number of hydrogen-bond acceptors (Lipinski definition) is 4. The molecule has 8 heteroatoms. The summed E-state index contributed by atoms with van der Waals surface area (Å²) in [5.41, 5.74) is 2.12. The third-order valence-corrected chi connectivity index (χ3v) is 4.60. The van der Waals surface area contributed by atoms with E-state index >= 15 is 0 Å². The molecule has 2 atom stereocenters. The summed E-state index contributed by atoms with van der Waals surface area (Å²) in [6.07, 6.45) is -3.09. The summed E-state index contributed by atoms with van der Waals surface area (Å²) in [7, 11) is 0. The van der Waals surface area contributed by atoms with Gasteiger partial charge in [0.25, 0.3) is 5.91 Å². The zero-order valence-corrected chi connectivity index (χ0v) is 16.3. The highest BCUT2D eigenvalue weighted by Crippen LogP contribution is 2.35. The van der Waals surface area contributed by atoms with Crippen LogP contribution in [0.1, 0.15) is 46.2 Å². The molecule has 0 saturated heterocycles. The van der Waals surface area contributed by atoms with Gasteiger partial charge in [-0.3, -0.25) is 14.8 Å². The highest BCUT2D eigenvalue weighted by atomic mass is 19.4. The summed E-state index contributed by atoms with van der Waals surface area (Å²) < 4.78 is 39.4. The van der Waals surface area contributed by atoms with Gasteiger partial charge in [-0.2, -0.15) is 13.2 Å². The number of alkyl halides is 3. The average molecular weight is 415 g/mol. The zero-order chi connectivity index (χ0) is 21.9. The van der Waals surface area contributed by atoms with Crippen LogP contribution in [0.4, 0.5) is 13.2 Å². The number of halogens is 3. The molecule has 1 unspecified atom stereocenters. The fourth-order valence-corrected chi connectivity index (χ4v) is 2.93. The van der Waals surface area contributed by atoms with E-state index in [-0.39, 0.29) is 5.56 Å². The number of aryl methyl sites for hydroxylation is 1. The smallest absolute Gasteiger partial charge is 0.379 e.